The fourth-order valence-electron chi connectivity index (χ4n) is 2.77. The van der Waals surface area contributed by atoms with Gasteiger partial charge in [-0.2, -0.15) is 5.10 Å². The van der Waals surface area contributed by atoms with E-state index in [1.54, 1.807) is 0 Å². The van der Waals surface area contributed by atoms with Crippen LogP contribution in [0.1, 0.15) is 60.3 Å². The van der Waals surface area contributed by atoms with Crippen molar-refractivity contribution in [3.63, 3.8) is 0 Å². The summed E-state index contributed by atoms with van der Waals surface area (Å²) in [5.41, 5.74) is 12.6. The Hall–Kier alpha value is -1.61. The van der Waals surface area contributed by atoms with Crippen molar-refractivity contribution in [2.45, 2.75) is 52.5 Å². The van der Waals surface area contributed by atoms with Crippen LogP contribution in [0, 0.1) is 13.8 Å². The van der Waals surface area contributed by atoms with Gasteiger partial charge in [0.1, 0.15) is 0 Å². The number of hydrogen-bond acceptors (Lipinski definition) is 2. The summed E-state index contributed by atoms with van der Waals surface area (Å²) in [5.74, 6) is 0.566. The molecule has 1 aromatic carbocycles. The summed E-state index contributed by atoms with van der Waals surface area (Å²) in [6.07, 6.45) is 1.94. The van der Waals surface area contributed by atoms with Crippen molar-refractivity contribution in [3.05, 3.63) is 52.3 Å². The molecule has 0 aliphatic carbocycles. The number of nitrogens with zero attached hydrogens (tertiary/aromatic N) is 2. The van der Waals surface area contributed by atoms with Crippen molar-refractivity contribution in [1.82, 2.24) is 9.78 Å². The average molecular weight is 285 g/mol. The second-order valence-electron chi connectivity index (χ2n) is 6.24. The summed E-state index contributed by atoms with van der Waals surface area (Å²) in [5, 5.41) is 4.47. The highest BCUT2D eigenvalue weighted by molar-refractivity contribution is 5.28. The van der Waals surface area contributed by atoms with E-state index in [0.717, 1.165) is 18.5 Å². The van der Waals surface area contributed by atoms with E-state index in [0.29, 0.717) is 5.92 Å². The summed E-state index contributed by atoms with van der Waals surface area (Å²) in [7, 11) is 2.00. The van der Waals surface area contributed by atoms with Crippen molar-refractivity contribution in [3.8, 4) is 0 Å². The highest BCUT2D eigenvalue weighted by Crippen LogP contribution is 2.22. The lowest BCUT2D eigenvalue weighted by molar-refractivity contribution is 0.647. The first-order valence-electron chi connectivity index (χ1n) is 7.74. The van der Waals surface area contributed by atoms with Gasteiger partial charge in [0.2, 0.25) is 0 Å². The number of aromatic nitrogens is 2. The molecule has 2 aromatic rings. The molecule has 1 unspecified atom stereocenters. The quantitative estimate of drug-likeness (QED) is 0.908. The molecule has 1 atom stereocenters. The predicted molar refractivity (Wildman–Crippen MR) is 88.5 cm³/mol. The van der Waals surface area contributed by atoms with Crippen LogP contribution < -0.4 is 5.73 Å². The van der Waals surface area contributed by atoms with E-state index in [-0.39, 0.29) is 6.04 Å². The number of nitrogens with two attached hydrogens (primary N) is 1. The van der Waals surface area contributed by atoms with E-state index in [9.17, 15) is 0 Å². The van der Waals surface area contributed by atoms with Crippen molar-refractivity contribution < 1.29 is 0 Å². The third-order valence-corrected chi connectivity index (χ3v) is 4.40. The van der Waals surface area contributed by atoms with Gasteiger partial charge in [-0.1, -0.05) is 38.1 Å². The first-order chi connectivity index (χ1) is 9.90. The molecular weight excluding hydrogens is 258 g/mol. The third kappa shape index (κ3) is 3.53. The van der Waals surface area contributed by atoms with Gasteiger partial charge in [-0.15, -0.1) is 0 Å². The smallest absolute Gasteiger partial charge is 0.0628 e. The minimum Gasteiger partial charge on any atom is -0.324 e. The van der Waals surface area contributed by atoms with Crippen LogP contribution in [0.3, 0.4) is 0 Å². The third-order valence-electron chi connectivity index (χ3n) is 4.40. The zero-order valence-electron chi connectivity index (χ0n) is 13.9. The summed E-state index contributed by atoms with van der Waals surface area (Å²) in [6.45, 7) is 8.62. The van der Waals surface area contributed by atoms with E-state index < -0.39 is 0 Å². The molecule has 114 valence electrons. The predicted octanol–water partition coefficient (Wildman–Crippen LogP) is 3.79. The molecular formula is C18H27N3. The Bertz CT molecular complexity index is 594. The van der Waals surface area contributed by atoms with Crippen LogP contribution in [0.25, 0.3) is 0 Å². The van der Waals surface area contributed by atoms with Gasteiger partial charge < -0.3 is 5.73 Å². The molecule has 1 aromatic heterocycles. The first-order valence-corrected chi connectivity index (χ1v) is 7.74. The molecule has 0 saturated heterocycles. The zero-order chi connectivity index (χ0) is 15.6. The fourth-order valence-corrected chi connectivity index (χ4v) is 2.77. The summed E-state index contributed by atoms with van der Waals surface area (Å²) in [4.78, 5) is 0. The molecule has 2 N–H and O–H groups in total. The van der Waals surface area contributed by atoms with Crippen molar-refractivity contribution in [1.29, 1.82) is 0 Å². The highest BCUT2D eigenvalue weighted by atomic mass is 15.3. The van der Waals surface area contributed by atoms with Gasteiger partial charge in [0.25, 0.3) is 0 Å². The first kappa shape index (κ1) is 15.8. The van der Waals surface area contributed by atoms with Gasteiger partial charge in [-0.05, 0) is 49.3 Å². The molecule has 0 fully saturated rings. The molecule has 1 heterocycles. The van der Waals surface area contributed by atoms with Gasteiger partial charge in [0.15, 0.2) is 0 Å². The maximum atomic E-state index is 6.35. The van der Waals surface area contributed by atoms with Crippen LogP contribution in [0.4, 0.5) is 0 Å². The fraction of sp³-hybridized carbons (Fsp3) is 0.500. The minimum atomic E-state index is 0.0882. The van der Waals surface area contributed by atoms with Gasteiger partial charge in [0.05, 0.1) is 5.69 Å². The Kier molecular flexibility index (Phi) is 4.84. The molecule has 0 amide bonds. The Morgan fingerprint density at radius 3 is 2.14 bits per heavy atom. The Morgan fingerprint density at radius 2 is 1.67 bits per heavy atom. The van der Waals surface area contributed by atoms with E-state index in [4.69, 9.17) is 5.73 Å². The average Bonchev–Trinajstić information content (AvgIpc) is 2.70. The minimum absolute atomic E-state index is 0.0882. The van der Waals surface area contributed by atoms with Crippen LogP contribution in [0.15, 0.2) is 24.3 Å². The number of rotatable bonds is 5. The monoisotopic (exact) mass is 285 g/mol. The van der Waals surface area contributed by atoms with E-state index in [2.05, 4.69) is 57.1 Å². The van der Waals surface area contributed by atoms with Crippen LogP contribution in [0.5, 0.6) is 0 Å². The number of aryl methyl sites for hydroxylation is 2. The summed E-state index contributed by atoms with van der Waals surface area (Å²) >= 11 is 0. The Balaban J connectivity index is 2.03. The molecule has 0 radical (unpaired) electrons. The van der Waals surface area contributed by atoms with E-state index in [1.807, 2.05) is 11.7 Å². The van der Waals surface area contributed by atoms with Gasteiger partial charge >= 0.3 is 0 Å². The van der Waals surface area contributed by atoms with Crippen LogP contribution in [-0.2, 0) is 13.5 Å². The molecule has 0 spiro atoms. The topological polar surface area (TPSA) is 43.8 Å². The standard InChI is InChI=1S/C18H27N3/c1-12(2)15-6-8-16(9-7-15)18(19)11-10-17-13(3)20-21(5)14(17)4/h6-9,12,18H,10-11,19H2,1-5H3. The van der Waals surface area contributed by atoms with Crippen LogP contribution in [-0.4, -0.2) is 9.78 Å². The molecule has 0 saturated carbocycles. The molecule has 0 bridgehead atoms. The second-order valence-corrected chi connectivity index (χ2v) is 6.24. The van der Waals surface area contributed by atoms with Crippen LogP contribution in [0.2, 0.25) is 0 Å². The van der Waals surface area contributed by atoms with E-state index >= 15 is 0 Å². The maximum Gasteiger partial charge on any atom is 0.0628 e. The van der Waals surface area contributed by atoms with Gasteiger partial charge in [0, 0.05) is 18.8 Å². The normalized spacial score (nSPS) is 12.9. The Morgan fingerprint density at radius 1 is 1.10 bits per heavy atom. The maximum absolute atomic E-state index is 6.35. The SMILES string of the molecule is Cc1nn(C)c(C)c1CCC(N)c1ccc(C(C)C)cc1. The van der Waals surface area contributed by atoms with Crippen molar-refractivity contribution >= 4 is 0 Å². The Labute approximate surface area is 128 Å². The lowest BCUT2D eigenvalue weighted by Gasteiger charge is -2.14. The molecule has 0 aliphatic heterocycles. The number of hydrogen-bond donors (Lipinski definition) is 1. The molecule has 3 heteroatoms. The van der Waals surface area contributed by atoms with Crippen molar-refractivity contribution in [2.75, 3.05) is 0 Å². The molecule has 3 nitrogen and oxygen atoms in total. The highest BCUT2D eigenvalue weighted by Gasteiger charge is 2.12. The van der Waals surface area contributed by atoms with Gasteiger partial charge in [-0.3, -0.25) is 4.68 Å². The van der Waals surface area contributed by atoms with Gasteiger partial charge in [-0.25, -0.2) is 0 Å². The van der Waals surface area contributed by atoms with E-state index in [1.165, 1.54) is 22.4 Å². The second kappa shape index (κ2) is 6.44. The van der Waals surface area contributed by atoms with Crippen LogP contribution >= 0.6 is 0 Å². The number of benzene rings is 1. The summed E-state index contributed by atoms with van der Waals surface area (Å²) in [6, 6.07) is 8.82. The molecule has 21 heavy (non-hydrogen) atoms. The molecule has 0 aliphatic rings. The zero-order valence-corrected chi connectivity index (χ0v) is 13.9. The lowest BCUT2D eigenvalue weighted by Crippen LogP contribution is -2.12. The lowest BCUT2D eigenvalue weighted by atomic mass is 9.96. The molecule has 2 rings (SSSR count). The van der Waals surface area contributed by atoms with Crippen molar-refractivity contribution in [2.24, 2.45) is 12.8 Å². The summed E-state index contributed by atoms with van der Waals surface area (Å²) < 4.78 is 1.95. The largest absolute Gasteiger partial charge is 0.324 e.